The molecule has 3 atom stereocenters. The molecule has 0 aliphatic rings. The van der Waals surface area contributed by atoms with E-state index in [-0.39, 0.29) is 19.1 Å². The highest BCUT2D eigenvalue weighted by atomic mass is 31.2. The number of carbonyl (C=O) groups is 1. The lowest BCUT2D eigenvalue weighted by Gasteiger charge is -2.25. The van der Waals surface area contributed by atoms with Gasteiger partial charge in [-0.25, -0.2) is 4.57 Å². The summed E-state index contributed by atoms with van der Waals surface area (Å²) in [6, 6.07) is -0.868. The highest BCUT2D eigenvalue weighted by molar-refractivity contribution is 7.47. The molecule has 0 aliphatic heterocycles. The second kappa shape index (κ2) is 74.6. The zero-order valence-corrected chi connectivity index (χ0v) is 63.8. The van der Waals surface area contributed by atoms with Crippen LogP contribution < -0.4 is 5.32 Å². The number of amides is 1. The van der Waals surface area contributed by atoms with Crippen LogP contribution in [0.3, 0.4) is 0 Å². The molecule has 0 fully saturated rings. The van der Waals surface area contributed by atoms with Gasteiger partial charge in [-0.2, -0.15) is 0 Å². The Labute approximate surface area is 585 Å². The van der Waals surface area contributed by atoms with Crippen LogP contribution in [0, 0.1) is 0 Å². The molecule has 0 rings (SSSR count). The van der Waals surface area contributed by atoms with Crippen molar-refractivity contribution in [1.82, 2.24) is 5.32 Å². The number of phosphoric acid groups is 1. The molecule has 0 bridgehead atoms. The molecule has 0 heterocycles. The van der Waals surface area contributed by atoms with Crippen LogP contribution in [0.2, 0.25) is 0 Å². The zero-order valence-electron chi connectivity index (χ0n) is 62.9. The molecule has 0 aromatic heterocycles. The van der Waals surface area contributed by atoms with Crippen molar-refractivity contribution in [3.63, 3.8) is 0 Å². The topological polar surface area (TPSA) is 105 Å². The van der Waals surface area contributed by atoms with Gasteiger partial charge in [-0.1, -0.05) is 394 Å². The van der Waals surface area contributed by atoms with Crippen LogP contribution >= 0.6 is 7.82 Å². The van der Waals surface area contributed by atoms with Gasteiger partial charge in [-0.3, -0.25) is 13.8 Å². The number of aliphatic hydroxyl groups excluding tert-OH is 1. The third-order valence-corrected chi connectivity index (χ3v) is 19.3. The fourth-order valence-electron chi connectivity index (χ4n) is 12.1. The number of nitrogens with one attached hydrogen (secondary N) is 1. The quantitative estimate of drug-likeness (QED) is 0.0243. The average Bonchev–Trinajstić information content (AvgIpc) is 1.77. The number of quaternary nitrogens is 1. The Balaban J connectivity index is 3.98. The number of hydrogen-bond donors (Lipinski definition) is 3. The van der Waals surface area contributed by atoms with Crippen LogP contribution in [0.1, 0.15) is 386 Å². The highest BCUT2D eigenvalue weighted by Crippen LogP contribution is 2.43. The van der Waals surface area contributed by atoms with E-state index >= 15 is 0 Å². The van der Waals surface area contributed by atoms with Gasteiger partial charge in [0.25, 0.3) is 0 Å². The highest BCUT2D eigenvalue weighted by Gasteiger charge is 2.28. The second-order valence-corrected chi connectivity index (χ2v) is 30.2. The minimum atomic E-state index is -4.37. The molecule has 3 unspecified atom stereocenters. The van der Waals surface area contributed by atoms with Gasteiger partial charge in [0, 0.05) is 6.42 Å². The minimum Gasteiger partial charge on any atom is -0.387 e. The van der Waals surface area contributed by atoms with Crippen molar-refractivity contribution < 1.29 is 32.9 Å². The summed E-state index contributed by atoms with van der Waals surface area (Å²) in [5.74, 6) is -0.181. The largest absolute Gasteiger partial charge is 0.472 e. The molecule has 0 aromatic carbocycles. The number of nitrogens with zero attached hydrogens (tertiary/aromatic N) is 1. The Morgan fingerprint density at radius 1 is 0.372 bits per heavy atom. The van der Waals surface area contributed by atoms with Crippen LogP contribution in [0.15, 0.2) is 97.2 Å². The molecular formula is C85H158N2O6P+. The van der Waals surface area contributed by atoms with E-state index in [2.05, 4.69) is 104 Å². The summed E-state index contributed by atoms with van der Waals surface area (Å²) in [7, 11) is 1.57. The predicted molar refractivity (Wildman–Crippen MR) is 415 cm³/mol. The van der Waals surface area contributed by atoms with Gasteiger partial charge in [0.1, 0.15) is 13.2 Å². The fraction of sp³-hybridized carbons (Fsp3) is 0.800. The van der Waals surface area contributed by atoms with E-state index in [0.29, 0.717) is 17.4 Å². The molecule has 0 saturated carbocycles. The maximum Gasteiger partial charge on any atom is 0.472 e. The fourth-order valence-corrected chi connectivity index (χ4v) is 12.8. The Morgan fingerprint density at radius 3 is 0.979 bits per heavy atom. The van der Waals surface area contributed by atoms with Crippen molar-refractivity contribution in [1.29, 1.82) is 0 Å². The second-order valence-electron chi connectivity index (χ2n) is 28.8. The van der Waals surface area contributed by atoms with Crippen LogP contribution in [-0.4, -0.2) is 73.4 Å². The molecule has 1 amide bonds. The molecule has 94 heavy (non-hydrogen) atoms. The number of rotatable bonds is 75. The van der Waals surface area contributed by atoms with E-state index in [4.69, 9.17) is 9.05 Å². The van der Waals surface area contributed by atoms with E-state index in [0.717, 1.165) is 77.0 Å². The van der Waals surface area contributed by atoms with Crippen molar-refractivity contribution in [3.8, 4) is 0 Å². The Morgan fingerprint density at radius 2 is 0.649 bits per heavy atom. The van der Waals surface area contributed by atoms with Gasteiger partial charge < -0.3 is 19.8 Å². The van der Waals surface area contributed by atoms with Crippen molar-refractivity contribution in [2.45, 2.75) is 398 Å². The van der Waals surface area contributed by atoms with E-state index in [1.165, 1.54) is 289 Å². The smallest absolute Gasteiger partial charge is 0.387 e. The third-order valence-electron chi connectivity index (χ3n) is 18.3. The maximum atomic E-state index is 13.1. The standard InChI is InChI=1S/C85H157N2O6P/c1-6-8-10-12-14-16-18-20-22-24-26-28-30-32-34-36-38-39-40-41-42-43-44-45-46-47-49-51-53-55-57-59-61-63-65-67-69-71-73-75-77-79-85(89)86-83(82-93-94(90,91)92-81-80-87(3,4)5)84(88)78-76-74-72-70-68-66-64-62-60-58-56-54-52-50-48-37-35-33-31-29-27-25-23-21-19-17-15-13-11-9-7-2/h8,10,14,16,20,22,26,28,32,34,38-39,68,70,76,78,83-84,88H,6-7,9,11-13,15,17-19,21,23-25,27,29-31,33,35-37,40-67,69,71-75,77,79-82H2,1-5H3,(H-,86,89,90,91)/p+1/b10-8-,16-14-,22-20-,28-26-,34-32-,39-38-,70-68+,78-76+. The normalized spacial score (nSPS) is 14.0. The summed E-state index contributed by atoms with van der Waals surface area (Å²) in [4.78, 5) is 23.5. The Kier molecular flexibility index (Phi) is 72.6. The first-order chi connectivity index (χ1) is 46.0. The summed E-state index contributed by atoms with van der Waals surface area (Å²) in [5, 5.41) is 14.0. The molecule has 0 radical (unpaired) electrons. The first-order valence-electron chi connectivity index (χ1n) is 40.6. The monoisotopic (exact) mass is 1330 g/mol. The van der Waals surface area contributed by atoms with Gasteiger partial charge in [0.05, 0.1) is 39.9 Å². The third kappa shape index (κ3) is 76.8. The molecular weight excluding hydrogens is 1180 g/mol. The van der Waals surface area contributed by atoms with Crippen molar-refractivity contribution in [3.05, 3.63) is 97.2 Å². The number of aliphatic hydroxyl groups is 1. The van der Waals surface area contributed by atoms with E-state index in [9.17, 15) is 19.4 Å². The van der Waals surface area contributed by atoms with Crippen LogP contribution in [0.4, 0.5) is 0 Å². The number of hydrogen-bond acceptors (Lipinski definition) is 5. The van der Waals surface area contributed by atoms with Gasteiger partial charge in [0.15, 0.2) is 0 Å². The molecule has 8 nitrogen and oxygen atoms in total. The van der Waals surface area contributed by atoms with Crippen LogP contribution in [0.5, 0.6) is 0 Å². The number of unbranched alkanes of at least 4 members (excludes halogenated alkanes) is 48. The Bertz CT molecular complexity index is 1860. The Hall–Kier alpha value is -2.58. The summed E-state index contributed by atoms with van der Waals surface area (Å²) in [5.41, 5.74) is 0. The number of carbonyl (C=O) groups excluding carboxylic acids is 1. The zero-order chi connectivity index (χ0) is 68.3. The predicted octanol–water partition coefficient (Wildman–Crippen LogP) is 26.8. The molecule has 0 saturated heterocycles. The van der Waals surface area contributed by atoms with Gasteiger partial charge >= 0.3 is 7.82 Å². The first-order valence-corrected chi connectivity index (χ1v) is 42.1. The lowest BCUT2D eigenvalue weighted by molar-refractivity contribution is -0.870. The molecule has 3 N–H and O–H groups in total. The number of phosphoric ester groups is 1. The average molecular weight is 1340 g/mol. The molecule has 9 heteroatoms. The van der Waals surface area contributed by atoms with Crippen molar-refractivity contribution in [2.24, 2.45) is 0 Å². The SMILES string of the molecule is CC/C=C\C/C=C\C/C=C\C/C=C\C/C=C\C/C=C\CCCCCCCCCCCCCCCCCCCCCCCCC(=O)NC(COP(=O)(O)OCC[N+](C)(C)C)C(O)/C=C/CC/C=C/CCCCCCCCCCCCCCCCCCCCCCCCCCC. The van der Waals surface area contributed by atoms with Crippen molar-refractivity contribution >= 4 is 13.7 Å². The van der Waals surface area contributed by atoms with Gasteiger partial charge in [0.2, 0.25) is 5.91 Å². The summed E-state index contributed by atoms with van der Waals surface area (Å²) >= 11 is 0. The summed E-state index contributed by atoms with van der Waals surface area (Å²) < 4.78 is 23.9. The van der Waals surface area contributed by atoms with E-state index in [1.807, 2.05) is 27.2 Å². The number of likely N-dealkylation sites (N-methyl/N-ethyl adjacent to an activating group) is 1. The minimum absolute atomic E-state index is 0.0555. The summed E-state index contributed by atoms with van der Waals surface area (Å²) in [6.07, 6.45) is 109. The lowest BCUT2D eigenvalue weighted by atomic mass is 10.0. The van der Waals surface area contributed by atoms with Crippen LogP contribution in [-0.2, 0) is 18.4 Å². The lowest BCUT2D eigenvalue weighted by Crippen LogP contribution is -2.45. The van der Waals surface area contributed by atoms with E-state index < -0.39 is 20.0 Å². The summed E-state index contributed by atoms with van der Waals surface area (Å²) in [6.45, 7) is 4.73. The molecule has 0 spiro atoms. The van der Waals surface area contributed by atoms with E-state index in [1.54, 1.807) is 6.08 Å². The molecule has 548 valence electrons. The van der Waals surface area contributed by atoms with Crippen LogP contribution in [0.25, 0.3) is 0 Å². The number of allylic oxidation sites excluding steroid dienone is 15. The first kappa shape index (κ1) is 91.4. The van der Waals surface area contributed by atoms with Gasteiger partial charge in [-0.05, 0) is 83.5 Å². The molecule has 0 aromatic rings. The molecule has 0 aliphatic carbocycles. The van der Waals surface area contributed by atoms with Gasteiger partial charge in [-0.15, -0.1) is 0 Å². The van der Waals surface area contributed by atoms with Crippen molar-refractivity contribution in [2.75, 3.05) is 40.9 Å². The maximum absolute atomic E-state index is 13.1.